The zero-order valence-corrected chi connectivity index (χ0v) is 22.5. The van der Waals surface area contributed by atoms with Crippen molar-refractivity contribution in [2.45, 2.75) is 19.1 Å². The van der Waals surface area contributed by atoms with Crippen molar-refractivity contribution in [1.29, 1.82) is 0 Å². The molecular formula is C26H28ClN7O7. The number of carbonyl (C=O) groups is 5. The molecule has 5 amide bonds. The Hall–Kier alpha value is -4.85. The van der Waals surface area contributed by atoms with Crippen molar-refractivity contribution in [1.82, 2.24) is 30.4 Å². The number of para-hydroxylation sites is 2. The first-order chi connectivity index (χ1) is 19.7. The maximum atomic E-state index is 12.7. The number of aliphatic carboxylic acids is 1. The molecule has 0 aliphatic carbocycles. The highest BCUT2D eigenvalue weighted by atomic mass is 35.5. The number of carbonyl (C=O) groups excluding carboxylic acids is 4. The van der Waals surface area contributed by atoms with Crippen LogP contribution in [0.3, 0.4) is 0 Å². The number of nitrogens with one attached hydrogen (secondary N) is 4. The van der Waals surface area contributed by atoms with E-state index in [4.69, 9.17) is 16.3 Å². The second-order valence-corrected chi connectivity index (χ2v) is 9.55. The number of benzene rings is 2. The van der Waals surface area contributed by atoms with E-state index in [9.17, 15) is 29.1 Å². The Morgan fingerprint density at radius 3 is 2.61 bits per heavy atom. The summed E-state index contributed by atoms with van der Waals surface area (Å²) in [6.45, 7) is -0.595. The van der Waals surface area contributed by atoms with Gasteiger partial charge >= 0.3 is 18.1 Å². The quantitative estimate of drug-likeness (QED) is 0.147. The highest BCUT2D eigenvalue weighted by Gasteiger charge is 2.36. The molecule has 1 aliphatic rings. The van der Waals surface area contributed by atoms with E-state index in [1.54, 1.807) is 24.3 Å². The largest absolute Gasteiger partial charge is 0.480 e. The maximum absolute atomic E-state index is 12.7. The first-order valence-corrected chi connectivity index (χ1v) is 13.0. The molecule has 216 valence electrons. The van der Waals surface area contributed by atoms with Gasteiger partial charge in [-0.15, -0.1) is 0 Å². The molecule has 1 aliphatic heterocycles. The van der Waals surface area contributed by atoms with E-state index in [0.717, 1.165) is 15.9 Å². The number of hydrogen-bond donors (Lipinski definition) is 5. The fourth-order valence-electron chi connectivity index (χ4n) is 3.97. The van der Waals surface area contributed by atoms with Crippen LogP contribution in [-0.4, -0.2) is 93.5 Å². The number of amides is 5. The molecule has 2 aromatic carbocycles. The summed E-state index contributed by atoms with van der Waals surface area (Å²) in [5, 5.41) is 17.5. The third-order valence-corrected chi connectivity index (χ3v) is 6.35. The predicted molar refractivity (Wildman–Crippen MR) is 147 cm³/mol. The van der Waals surface area contributed by atoms with Crippen LogP contribution in [0.4, 0.5) is 15.5 Å². The minimum Gasteiger partial charge on any atom is -0.480 e. The van der Waals surface area contributed by atoms with Crippen LogP contribution < -0.4 is 16.0 Å². The van der Waals surface area contributed by atoms with Gasteiger partial charge in [-0.2, -0.15) is 0 Å². The summed E-state index contributed by atoms with van der Waals surface area (Å²) in [5.74, 6) is -2.13. The molecule has 0 radical (unpaired) electrons. The lowest BCUT2D eigenvalue weighted by Gasteiger charge is -2.18. The Balaban J connectivity index is 1.17. The number of aromatic amines is 1. The van der Waals surface area contributed by atoms with Gasteiger partial charge in [0.2, 0.25) is 11.9 Å². The Labute approximate surface area is 239 Å². The normalized spacial score (nSPS) is 13.8. The van der Waals surface area contributed by atoms with Crippen LogP contribution in [0.15, 0.2) is 48.5 Å². The van der Waals surface area contributed by atoms with Crippen LogP contribution in [0.1, 0.15) is 12.0 Å². The molecule has 4 rings (SSSR count). The topological polar surface area (TPSA) is 186 Å². The van der Waals surface area contributed by atoms with E-state index >= 15 is 0 Å². The van der Waals surface area contributed by atoms with Crippen LogP contribution in [-0.2, 0) is 25.7 Å². The lowest BCUT2D eigenvalue weighted by atomic mass is 10.2. The summed E-state index contributed by atoms with van der Waals surface area (Å²) in [6.07, 6.45) is -0.479. The SMILES string of the molecule is O=C(CN1C(=O)CN(CCCNc2nc3ccccc3[nH]2)C1=O)NC[C@H](NC(=O)OCc1ccc(Cl)cc1)C(=O)O. The van der Waals surface area contributed by atoms with E-state index in [0.29, 0.717) is 29.5 Å². The minimum absolute atomic E-state index is 0.118. The number of H-pyrrole nitrogens is 1. The summed E-state index contributed by atoms with van der Waals surface area (Å²) < 4.78 is 5.00. The van der Waals surface area contributed by atoms with Gasteiger partial charge in [0.1, 0.15) is 25.7 Å². The molecular weight excluding hydrogens is 558 g/mol. The van der Waals surface area contributed by atoms with Gasteiger partial charge in [-0.05, 0) is 36.2 Å². The predicted octanol–water partition coefficient (Wildman–Crippen LogP) is 1.78. The zero-order valence-electron chi connectivity index (χ0n) is 21.8. The molecule has 0 unspecified atom stereocenters. The summed E-state index contributed by atoms with van der Waals surface area (Å²) >= 11 is 5.80. The second kappa shape index (κ2) is 13.5. The molecule has 2 heterocycles. The molecule has 1 fully saturated rings. The number of alkyl carbamates (subject to hydrolysis) is 1. The van der Waals surface area contributed by atoms with Crippen molar-refractivity contribution in [3.05, 3.63) is 59.1 Å². The fraction of sp³-hybridized carbons (Fsp3) is 0.308. The van der Waals surface area contributed by atoms with Crippen LogP contribution in [0.5, 0.6) is 0 Å². The fourth-order valence-corrected chi connectivity index (χ4v) is 4.09. The van der Waals surface area contributed by atoms with Crippen molar-refractivity contribution in [2.24, 2.45) is 0 Å². The van der Waals surface area contributed by atoms with E-state index in [-0.39, 0.29) is 19.7 Å². The Morgan fingerprint density at radius 2 is 1.88 bits per heavy atom. The number of imidazole rings is 1. The number of carboxylic acid groups (broad SMARTS) is 1. The lowest BCUT2D eigenvalue weighted by Crippen LogP contribution is -2.50. The monoisotopic (exact) mass is 585 g/mol. The Morgan fingerprint density at radius 1 is 1.12 bits per heavy atom. The van der Waals surface area contributed by atoms with E-state index in [2.05, 4.69) is 25.9 Å². The van der Waals surface area contributed by atoms with E-state index in [1.807, 2.05) is 24.3 Å². The second-order valence-electron chi connectivity index (χ2n) is 9.11. The number of imide groups is 1. The summed E-state index contributed by atoms with van der Waals surface area (Å²) in [4.78, 5) is 70.7. The summed E-state index contributed by atoms with van der Waals surface area (Å²) in [5.41, 5.74) is 2.36. The number of anilines is 1. The van der Waals surface area contributed by atoms with Crippen LogP contribution in [0, 0.1) is 0 Å². The first kappa shape index (κ1) is 29.1. The zero-order chi connectivity index (χ0) is 29.4. The third kappa shape index (κ3) is 8.08. The molecule has 1 saturated heterocycles. The van der Waals surface area contributed by atoms with E-state index < -0.39 is 49.0 Å². The molecule has 3 aromatic rings. The van der Waals surface area contributed by atoms with Gasteiger partial charge in [-0.1, -0.05) is 35.9 Å². The lowest BCUT2D eigenvalue weighted by molar-refractivity contribution is -0.139. The molecule has 0 saturated carbocycles. The number of aromatic nitrogens is 2. The smallest absolute Gasteiger partial charge is 0.408 e. The maximum Gasteiger partial charge on any atom is 0.408 e. The van der Waals surface area contributed by atoms with Gasteiger partial charge in [0, 0.05) is 24.7 Å². The standard InChI is InChI=1S/C26H28ClN7O7/c27-17-8-6-16(7-9-17)15-41-25(39)32-20(23(37)38)12-29-21(35)13-34-22(36)14-33(26(34)40)11-3-10-28-24-30-18-4-1-2-5-19(18)31-24/h1-2,4-9,20H,3,10-15H2,(H,29,35)(H,32,39)(H,37,38)(H2,28,30,31)/t20-/m0/s1. The number of fused-ring (bicyclic) bond motifs is 1. The van der Waals surface area contributed by atoms with Crippen molar-refractivity contribution in [3.63, 3.8) is 0 Å². The molecule has 5 N–H and O–H groups in total. The average Bonchev–Trinajstić information content (AvgIpc) is 3.48. The van der Waals surface area contributed by atoms with Gasteiger partial charge in [0.25, 0.3) is 5.91 Å². The molecule has 41 heavy (non-hydrogen) atoms. The number of carboxylic acids is 1. The summed E-state index contributed by atoms with van der Waals surface area (Å²) in [6, 6.07) is 12.0. The van der Waals surface area contributed by atoms with Crippen LogP contribution in [0.25, 0.3) is 11.0 Å². The number of rotatable bonds is 13. The number of halogens is 1. The molecule has 0 spiro atoms. The van der Waals surface area contributed by atoms with Gasteiger partial charge in [0.15, 0.2) is 0 Å². The van der Waals surface area contributed by atoms with Crippen LogP contribution in [0.2, 0.25) is 5.02 Å². The van der Waals surface area contributed by atoms with E-state index in [1.165, 1.54) is 4.90 Å². The number of hydrogen-bond acceptors (Lipinski definition) is 8. The van der Waals surface area contributed by atoms with Crippen molar-refractivity contribution < 1.29 is 33.8 Å². The molecule has 0 bridgehead atoms. The van der Waals surface area contributed by atoms with Gasteiger partial charge in [-0.3, -0.25) is 14.5 Å². The van der Waals surface area contributed by atoms with Crippen molar-refractivity contribution >= 4 is 58.5 Å². The molecule has 15 heteroatoms. The Bertz CT molecular complexity index is 1400. The highest BCUT2D eigenvalue weighted by Crippen LogP contribution is 2.14. The number of urea groups is 1. The first-order valence-electron chi connectivity index (χ1n) is 12.6. The van der Waals surface area contributed by atoms with Crippen molar-refractivity contribution in [3.8, 4) is 0 Å². The minimum atomic E-state index is -1.50. The Kier molecular flexibility index (Phi) is 9.58. The van der Waals surface area contributed by atoms with Crippen LogP contribution >= 0.6 is 11.6 Å². The number of ether oxygens (including phenoxy) is 1. The molecule has 1 atom stereocenters. The van der Waals surface area contributed by atoms with Crippen molar-refractivity contribution in [2.75, 3.05) is 38.0 Å². The number of nitrogens with zero attached hydrogens (tertiary/aromatic N) is 3. The molecule has 14 nitrogen and oxygen atoms in total. The van der Waals surface area contributed by atoms with Gasteiger partial charge in [0.05, 0.1) is 11.0 Å². The van der Waals surface area contributed by atoms with Gasteiger partial charge in [-0.25, -0.2) is 19.4 Å². The highest BCUT2D eigenvalue weighted by molar-refractivity contribution is 6.30. The average molecular weight is 586 g/mol. The molecule has 1 aromatic heterocycles. The third-order valence-electron chi connectivity index (χ3n) is 6.09. The van der Waals surface area contributed by atoms with Gasteiger partial charge < -0.3 is 35.7 Å². The summed E-state index contributed by atoms with van der Waals surface area (Å²) in [7, 11) is 0.